The molecule has 0 bridgehead atoms. The zero-order chi connectivity index (χ0) is 14.5. The Morgan fingerprint density at radius 3 is 2.70 bits per heavy atom. The zero-order valence-corrected chi connectivity index (χ0v) is 11.8. The van der Waals surface area contributed by atoms with Crippen LogP contribution in [0.5, 0.6) is 0 Å². The molecule has 0 aromatic heterocycles. The molecule has 2 rings (SSSR count). The molecule has 0 heterocycles. The number of halogens is 1. The quantitative estimate of drug-likeness (QED) is 0.809. The van der Waals surface area contributed by atoms with Gasteiger partial charge in [0.1, 0.15) is 6.07 Å². The Bertz CT molecular complexity index is 676. The van der Waals surface area contributed by atoms with Crippen molar-refractivity contribution in [1.82, 2.24) is 0 Å². The monoisotopic (exact) mass is 284 g/mol. The second kappa shape index (κ2) is 6.23. The number of hydrogen-bond acceptors (Lipinski definition) is 2. The number of alkyl halides is 1. The summed E-state index contributed by atoms with van der Waals surface area (Å²) < 4.78 is 0. The molecule has 3 nitrogen and oxygen atoms in total. The van der Waals surface area contributed by atoms with E-state index < -0.39 is 0 Å². The Morgan fingerprint density at radius 2 is 2.00 bits per heavy atom. The maximum atomic E-state index is 12.5. The maximum absolute atomic E-state index is 12.5. The van der Waals surface area contributed by atoms with Crippen LogP contribution in [-0.2, 0) is 5.88 Å². The number of amides is 1. The van der Waals surface area contributed by atoms with E-state index >= 15 is 0 Å². The van der Waals surface area contributed by atoms with Gasteiger partial charge >= 0.3 is 0 Å². The molecule has 2 aromatic carbocycles. The van der Waals surface area contributed by atoms with Gasteiger partial charge in [0.25, 0.3) is 5.91 Å². The maximum Gasteiger partial charge on any atom is 0.258 e. The van der Waals surface area contributed by atoms with Crippen LogP contribution in [0.1, 0.15) is 21.5 Å². The highest BCUT2D eigenvalue weighted by molar-refractivity contribution is 6.17. The smallest absolute Gasteiger partial charge is 0.258 e. The first kappa shape index (κ1) is 14.1. The standard InChI is InChI=1S/C16H13ClN2O/c1-19(15-8-3-2-6-14(15)11-18)16(20)13-7-4-5-12(9-13)10-17/h2-9H,10H2,1H3. The Hall–Kier alpha value is -2.31. The van der Waals surface area contributed by atoms with Crippen LogP contribution in [0.15, 0.2) is 48.5 Å². The number of rotatable bonds is 3. The first-order valence-corrected chi connectivity index (χ1v) is 6.63. The first-order valence-electron chi connectivity index (χ1n) is 6.09. The summed E-state index contributed by atoms with van der Waals surface area (Å²) >= 11 is 5.78. The van der Waals surface area contributed by atoms with Crippen LogP contribution in [-0.4, -0.2) is 13.0 Å². The molecule has 20 heavy (non-hydrogen) atoms. The van der Waals surface area contributed by atoms with Crippen LogP contribution in [0.3, 0.4) is 0 Å². The molecule has 0 aliphatic carbocycles. The second-order valence-electron chi connectivity index (χ2n) is 4.33. The van der Waals surface area contributed by atoms with Crippen molar-refractivity contribution in [1.29, 1.82) is 5.26 Å². The van der Waals surface area contributed by atoms with Crippen molar-refractivity contribution in [3.05, 3.63) is 65.2 Å². The van der Waals surface area contributed by atoms with Crippen molar-refractivity contribution in [3.63, 3.8) is 0 Å². The predicted molar refractivity (Wildman–Crippen MR) is 79.9 cm³/mol. The van der Waals surface area contributed by atoms with Gasteiger partial charge in [-0.1, -0.05) is 24.3 Å². The van der Waals surface area contributed by atoms with Gasteiger partial charge in [0.05, 0.1) is 11.3 Å². The average Bonchev–Trinajstić information content (AvgIpc) is 2.53. The highest BCUT2D eigenvalue weighted by Crippen LogP contribution is 2.20. The van der Waals surface area contributed by atoms with Crippen molar-refractivity contribution in [2.45, 2.75) is 5.88 Å². The molecule has 0 aliphatic rings. The van der Waals surface area contributed by atoms with E-state index in [1.54, 1.807) is 49.5 Å². The number of benzene rings is 2. The normalized spacial score (nSPS) is 9.85. The molecule has 0 aliphatic heterocycles. The van der Waals surface area contributed by atoms with Crippen LogP contribution in [0.4, 0.5) is 5.69 Å². The molecule has 0 saturated heterocycles. The minimum Gasteiger partial charge on any atom is -0.310 e. The van der Waals surface area contributed by atoms with E-state index in [2.05, 4.69) is 6.07 Å². The number of hydrogen-bond donors (Lipinski definition) is 0. The Kier molecular flexibility index (Phi) is 4.39. The Labute approximate surface area is 123 Å². The van der Waals surface area contributed by atoms with E-state index in [-0.39, 0.29) is 5.91 Å². The van der Waals surface area contributed by atoms with Crippen LogP contribution in [0.25, 0.3) is 0 Å². The van der Waals surface area contributed by atoms with Gasteiger partial charge in [0, 0.05) is 18.5 Å². The van der Waals surface area contributed by atoms with Crippen LogP contribution < -0.4 is 4.90 Å². The van der Waals surface area contributed by atoms with Crippen LogP contribution in [0, 0.1) is 11.3 Å². The van der Waals surface area contributed by atoms with E-state index in [9.17, 15) is 4.79 Å². The van der Waals surface area contributed by atoms with E-state index in [1.807, 2.05) is 6.07 Å². The van der Waals surface area contributed by atoms with E-state index in [0.717, 1.165) is 5.56 Å². The van der Waals surface area contributed by atoms with Gasteiger partial charge < -0.3 is 4.90 Å². The molecule has 0 saturated carbocycles. The zero-order valence-electron chi connectivity index (χ0n) is 11.0. The molecular weight excluding hydrogens is 272 g/mol. The van der Waals surface area contributed by atoms with Crippen molar-refractivity contribution in [3.8, 4) is 6.07 Å². The lowest BCUT2D eigenvalue weighted by molar-refractivity contribution is 0.0993. The Balaban J connectivity index is 2.35. The third-order valence-corrected chi connectivity index (χ3v) is 3.33. The van der Waals surface area contributed by atoms with Gasteiger partial charge in [0.15, 0.2) is 0 Å². The largest absolute Gasteiger partial charge is 0.310 e. The van der Waals surface area contributed by atoms with Crippen LogP contribution in [0.2, 0.25) is 0 Å². The van der Waals surface area contributed by atoms with Crippen molar-refractivity contribution < 1.29 is 4.79 Å². The molecule has 2 aromatic rings. The number of para-hydroxylation sites is 1. The van der Waals surface area contributed by atoms with Gasteiger partial charge in [-0.15, -0.1) is 11.6 Å². The number of nitrogens with zero attached hydrogens (tertiary/aromatic N) is 2. The molecule has 0 atom stereocenters. The summed E-state index contributed by atoms with van der Waals surface area (Å²) in [4.78, 5) is 13.9. The van der Waals surface area contributed by atoms with Gasteiger partial charge in [0.2, 0.25) is 0 Å². The molecule has 1 amide bonds. The fourth-order valence-electron chi connectivity index (χ4n) is 1.95. The number of nitriles is 1. The first-order chi connectivity index (χ1) is 9.67. The van der Waals surface area contributed by atoms with E-state index in [4.69, 9.17) is 16.9 Å². The summed E-state index contributed by atoms with van der Waals surface area (Å²) in [6.07, 6.45) is 0. The number of anilines is 1. The van der Waals surface area contributed by atoms with Crippen molar-refractivity contribution in [2.24, 2.45) is 0 Å². The summed E-state index contributed by atoms with van der Waals surface area (Å²) in [6, 6.07) is 16.3. The third-order valence-electron chi connectivity index (χ3n) is 3.02. The summed E-state index contributed by atoms with van der Waals surface area (Å²) in [6.45, 7) is 0. The summed E-state index contributed by atoms with van der Waals surface area (Å²) in [5.74, 6) is 0.194. The summed E-state index contributed by atoms with van der Waals surface area (Å²) in [7, 11) is 1.66. The van der Waals surface area contributed by atoms with Gasteiger partial charge in [-0.25, -0.2) is 0 Å². The fraction of sp³-hybridized carbons (Fsp3) is 0.125. The average molecular weight is 285 g/mol. The van der Waals surface area contributed by atoms with Gasteiger partial charge in [-0.05, 0) is 29.8 Å². The minimum absolute atomic E-state index is 0.167. The number of carbonyl (C=O) groups is 1. The number of carbonyl (C=O) groups excluding carboxylic acids is 1. The molecule has 0 fully saturated rings. The molecule has 0 spiro atoms. The topological polar surface area (TPSA) is 44.1 Å². The van der Waals surface area contributed by atoms with E-state index in [0.29, 0.717) is 22.7 Å². The van der Waals surface area contributed by atoms with E-state index in [1.165, 1.54) is 4.90 Å². The Morgan fingerprint density at radius 1 is 1.25 bits per heavy atom. The lowest BCUT2D eigenvalue weighted by Crippen LogP contribution is -2.27. The molecule has 0 unspecified atom stereocenters. The van der Waals surface area contributed by atoms with Gasteiger partial charge in [-0.3, -0.25) is 4.79 Å². The minimum atomic E-state index is -0.167. The SMILES string of the molecule is CN(C(=O)c1cccc(CCl)c1)c1ccccc1C#N. The van der Waals surface area contributed by atoms with Crippen LogP contribution >= 0.6 is 11.6 Å². The van der Waals surface area contributed by atoms with Crippen molar-refractivity contribution in [2.75, 3.05) is 11.9 Å². The molecular formula is C16H13ClN2O. The second-order valence-corrected chi connectivity index (χ2v) is 4.59. The highest BCUT2D eigenvalue weighted by Gasteiger charge is 2.16. The molecule has 4 heteroatoms. The molecule has 0 radical (unpaired) electrons. The highest BCUT2D eigenvalue weighted by atomic mass is 35.5. The summed E-state index contributed by atoms with van der Waals surface area (Å²) in [5, 5.41) is 9.10. The van der Waals surface area contributed by atoms with Crippen molar-refractivity contribution >= 4 is 23.2 Å². The summed E-state index contributed by atoms with van der Waals surface area (Å²) in [5.41, 5.74) is 2.51. The van der Waals surface area contributed by atoms with Gasteiger partial charge in [-0.2, -0.15) is 5.26 Å². The predicted octanol–water partition coefficient (Wildman–Crippen LogP) is 3.57. The lowest BCUT2D eigenvalue weighted by Gasteiger charge is -2.18. The lowest BCUT2D eigenvalue weighted by atomic mass is 10.1. The molecule has 100 valence electrons. The third kappa shape index (κ3) is 2.81. The molecule has 0 N–H and O–H groups in total. The fourth-order valence-corrected chi connectivity index (χ4v) is 2.12.